The summed E-state index contributed by atoms with van der Waals surface area (Å²) < 4.78 is 4.80. The van der Waals surface area contributed by atoms with Crippen molar-refractivity contribution >= 4 is 41.1 Å². The van der Waals surface area contributed by atoms with E-state index in [1.165, 1.54) is 18.2 Å². The maximum absolute atomic E-state index is 11.8. The summed E-state index contributed by atoms with van der Waals surface area (Å²) in [6, 6.07) is 3.67. The molecule has 0 spiro atoms. The summed E-state index contributed by atoms with van der Waals surface area (Å²) in [7, 11) is 0. The van der Waals surface area contributed by atoms with Gasteiger partial charge in [-0.2, -0.15) is 0 Å². The van der Waals surface area contributed by atoms with Gasteiger partial charge >= 0.3 is 12.0 Å². The number of rotatable bonds is 6. The first kappa shape index (κ1) is 19.3. The van der Waals surface area contributed by atoms with Gasteiger partial charge in [-0.3, -0.25) is 10.1 Å². The minimum atomic E-state index is -0.798. The van der Waals surface area contributed by atoms with Crippen molar-refractivity contribution in [3.8, 4) is 0 Å². The zero-order valence-electron chi connectivity index (χ0n) is 12.8. The Labute approximate surface area is 144 Å². The fraction of sp³-hybridized carbons (Fsp3) is 0.400. The van der Waals surface area contributed by atoms with Crippen molar-refractivity contribution in [2.45, 2.75) is 20.3 Å². The predicted molar refractivity (Wildman–Crippen MR) is 87.7 cm³/mol. The number of imide groups is 1. The second-order valence-electron chi connectivity index (χ2n) is 5.19. The van der Waals surface area contributed by atoms with Gasteiger partial charge in [0.15, 0.2) is 6.61 Å². The number of nitrogens with one attached hydrogen (secondary N) is 2. The molecular weight excluding hydrogens is 343 g/mol. The summed E-state index contributed by atoms with van der Waals surface area (Å²) in [5, 5.41) is 5.07. The Bertz CT molecular complexity index is 591. The van der Waals surface area contributed by atoms with E-state index in [9.17, 15) is 14.4 Å². The third kappa shape index (κ3) is 7.34. The second kappa shape index (κ2) is 9.37. The minimum Gasteiger partial charge on any atom is -0.452 e. The number of esters is 1. The normalized spacial score (nSPS) is 10.3. The molecule has 0 atom stereocenters. The first-order chi connectivity index (χ1) is 10.8. The van der Waals surface area contributed by atoms with Crippen LogP contribution < -0.4 is 10.6 Å². The quantitative estimate of drug-likeness (QED) is 0.763. The first-order valence-corrected chi connectivity index (χ1v) is 7.75. The van der Waals surface area contributed by atoms with Crippen molar-refractivity contribution in [2.75, 3.05) is 13.2 Å². The number of amides is 3. The average Bonchev–Trinajstić information content (AvgIpc) is 2.46. The lowest BCUT2D eigenvalue weighted by atomic mass is 10.1. The van der Waals surface area contributed by atoms with Crippen LogP contribution in [0.2, 0.25) is 10.0 Å². The van der Waals surface area contributed by atoms with Crippen molar-refractivity contribution in [1.82, 2.24) is 10.6 Å². The van der Waals surface area contributed by atoms with E-state index in [1.807, 2.05) is 13.8 Å². The number of carbonyl (C=O) groups excluding carboxylic acids is 3. The zero-order valence-corrected chi connectivity index (χ0v) is 14.3. The molecular formula is C15H18Cl2N2O4. The van der Waals surface area contributed by atoms with E-state index in [0.717, 1.165) is 6.42 Å². The molecule has 0 aliphatic heterocycles. The maximum atomic E-state index is 11.8. The lowest BCUT2D eigenvalue weighted by Crippen LogP contribution is -2.42. The maximum Gasteiger partial charge on any atom is 0.340 e. The highest BCUT2D eigenvalue weighted by Gasteiger charge is 2.15. The van der Waals surface area contributed by atoms with Crippen molar-refractivity contribution in [3.05, 3.63) is 33.8 Å². The molecule has 3 amide bonds. The Morgan fingerprint density at radius 3 is 2.57 bits per heavy atom. The molecule has 0 heterocycles. The highest BCUT2D eigenvalue weighted by molar-refractivity contribution is 6.35. The van der Waals surface area contributed by atoms with E-state index >= 15 is 0 Å². The van der Waals surface area contributed by atoms with Gasteiger partial charge in [0.2, 0.25) is 0 Å². The lowest BCUT2D eigenvalue weighted by Gasteiger charge is -2.09. The molecule has 23 heavy (non-hydrogen) atoms. The van der Waals surface area contributed by atoms with Crippen molar-refractivity contribution in [1.29, 1.82) is 0 Å². The Balaban J connectivity index is 2.39. The van der Waals surface area contributed by atoms with Crippen LogP contribution >= 0.6 is 23.2 Å². The summed E-state index contributed by atoms with van der Waals surface area (Å²) in [6.07, 6.45) is 0.795. The molecule has 1 aromatic rings. The average molecular weight is 361 g/mol. The smallest absolute Gasteiger partial charge is 0.340 e. The third-order valence-electron chi connectivity index (χ3n) is 2.74. The van der Waals surface area contributed by atoms with Crippen LogP contribution in [0.1, 0.15) is 30.6 Å². The molecule has 1 aromatic carbocycles. The zero-order chi connectivity index (χ0) is 17.4. The molecule has 8 heteroatoms. The Morgan fingerprint density at radius 1 is 1.22 bits per heavy atom. The molecule has 0 saturated heterocycles. The SMILES string of the molecule is CC(C)CCNC(=O)NC(=O)COC(=O)c1cc(Cl)ccc1Cl. The van der Waals surface area contributed by atoms with Gasteiger partial charge in [0.25, 0.3) is 5.91 Å². The molecule has 0 aliphatic carbocycles. The summed E-state index contributed by atoms with van der Waals surface area (Å²) in [5.74, 6) is -1.10. The molecule has 1 rings (SSSR count). The molecule has 0 unspecified atom stereocenters. The van der Waals surface area contributed by atoms with Crippen molar-refractivity contribution in [2.24, 2.45) is 5.92 Å². The standard InChI is InChI=1S/C15H18Cl2N2O4/c1-9(2)5-6-18-15(22)19-13(20)8-23-14(21)11-7-10(16)3-4-12(11)17/h3-4,7,9H,5-6,8H2,1-2H3,(H2,18,19,20,22). The van der Waals surface area contributed by atoms with Gasteiger partial charge in [-0.15, -0.1) is 0 Å². The number of hydrogen-bond acceptors (Lipinski definition) is 4. The van der Waals surface area contributed by atoms with E-state index in [1.54, 1.807) is 0 Å². The molecule has 0 aliphatic rings. The van der Waals surface area contributed by atoms with Gasteiger partial charge in [0.1, 0.15) is 0 Å². The summed E-state index contributed by atoms with van der Waals surface area (Å²) in [6.45, 7) is 3.89. The first-order valence-electron chi connectivity index (χ1n) is 6.99. The van der Waals surface area contributed by atoms with Crippen molar-refractivity contribution < 1.29 is 19.1 Å². The van der Waals surface area contributed by atoms with E-state index in [-0.39, 0.29) is 10.6 Å². The largest absolute Gasteiger partial charge is 0.452 e. The van der Waals surface area contributed by atoms with Gasteiger partial charge in [-0.1, -0.05) is 37.0 Å². The molecule has 0 radical (unpaired) electrons. The van der Waals surface area contributed by atoms with Crippen LogP contribution in [0.15, 0.2) is 18.2 Å². The Morgan fingerprint density at radius 2 is 1.91 bits per heavy atom. The topological polar surface area (TPSA) is 84.5 Å². The molecule has 2 N–H and O–H groups in total. The predicted octanol–water partition coefficient (Wildman–Crippen LogP) is 3.02. The lowest BCUT2D eigenvalue weighted by molar-refractivity contribution is -0.123. The Hall–Kier alpha value is -1.79. The molecule has 0 bridgehead atoms. The van der Waals surface area contributed by atoms with E-state index in [2.05, 4.69) is 10.6 Å². The van der Waals surface area contributed by atoms with Gasteiger partial charge < -0.3 is 10.1 Å². The molecule has 0 aromatic heterocycles. The van der Waals surface area contributed by atoms with Crippen LogP contribution in [0.25, 0.3) is 0 Å². The second-order valence-corrected chi connectivity index (χ2v) is 6.03. The van der Waals surface area contributed by atoms with Crippen LogP contribution in [0, 0.1) is 5.92 Å². The highest BCUT2D eigenvalue weighted by atomic mass is 35.5. The minimum absolute atomic E-state index is 0.0494. The van der Waals surface area contributed by atoms with Gasteiger partial charge in [0.05, 0.1) is 10.6 Å². The van der Waals surface area contributed by atoms with Gasteiger partial charge in [-0.25, -0.2) is 9.59 Å². The molecule has 0 saturated carbocycles. The Kier molecular flexibility index (Phi) is 7.85. The number of carbonyl (C=O) groups is 3. The summed E-state index contributed by atoms with van der Waals surface area (Å²) >= 11 is 11.6. The van der Waals surface area contributed by atoms with E-state index in [0.29, 0.717) is 17.5 Å². The van der Waals surface area contributed by atoms with Crippen LogP contribution in [0.4, 0.5) is 4.79 Å². The molecule has 126 valence electrons. The van der Waals surface area contributed by atoms with Crippen molar-refractivity contribution in [3.63, 3.8) is 0 Å². The van der Waals surface area contributed by atoms with Gasteiger partial charge in [-0.05, 0) is 30.5 Å². The third-order valence-corrected chi connectivity index (χ3v) is 3.31. The highest BCUT2D eigenvalue weighted by Crippen LogP contribution is 2.21. The fourth-order valence-corrected chi connectivity index (χ4v) is 1.91. The summed E-state index contributed by atoms with van der Waals surface area (Å²) in [5.41, 5.74) is 0.0494. The van der Waals surface area contributed by atoms with Gasteiger partial charge in [0, 0.05) is 11.6 Å². The van der Waals surface area contributed by atoms with Crippen LogP contribution in [-0.2, 0) is 9.53 Å². The van der Waals surface area contributed by atoms with Crippen LogP contribution in [-0.4, -0.2) is 31.1 Å². The van der Waals surface area contributed by atoms with E-state index in [4.69, 9.17) is 27.9 Å². The van der Waals surface area contributed by atoms with Crippen LogP contribution in [0.5, 0.6) is 0 Å². The number of urea groups is 1. The number of halogens is 2. The number of ether oxygens (including phenoxy) is 1. The van der Waals surface area contributed by atoms with E-state index < -0.39 is 24.5 Å². The molecule has 0 fully saturated rings. The monoisotopic (exact) mass is 360 g/mol. The number of hydrogen-bond donors (Lipinski definition) is 2. The molecule has 6 nitrogen and oxygen atoms in total. The summed E-state index contributed by atoms with van der Waals surface area (Å²) in [4.78, 5) is 34.8. The fourth-order valence-electron chi connectivity index (χ4n) is 1.54. The van der Waals surface area contributed by atoms with Crippen LogP contribution in [0.3, 0.4) is 0 Å². The number of benzene rings is 1.